The van der Waals surface area contributed by atoms with E-state index >= 15 is 0 Å². The zero-order valence-electron chi connectivity index (χ0n) is 12.9. The largest absolute Gasteiger partial charge is 0.382 e. The zero-order chi connectivity index (χ0) is 16.9. The van der Waals surface area contributed by atoms with E-state index < -0.39 is 17.4 Å². The van der Waals surface area contributed by atoms with Crippen LogP contribution < -0.4 is 10.6 Å². The number of anilines is 1. The monoisotopic (exact) mass is 336 g/mol. The molecule has 2 amide bonds. The Morgan fingerprint density at radius 3 is 2.57 bits per heavy atom. The number of benzene rings is 2. The first-order chi connectivity index (χ1) is 10.9. The molecular formula is C17H18ClFN2O2. The predicted octanol–water partition coefficient (Wildman–Crippen LogP) is 4.16. The van der Waals surface area contributed by atoms with Crippen molar-refractivity contribution in [1.29, 1.82) is 0 Å². The van der Waals surface area contributed by atoms with Gasteiger partial charge in [0.15, 0.2) is 0 Å². The van der Waals surface area contributed by atoms with Gasteiger partial charge in [0.25, 0.3) is 0 Å². The Morgan fingerprint density at radius 1 is 1.26 bits per heavy atom. The number of methoxy groups -OCH3 is 1. The molecule has 0 aliphatic heterocycles. The van der Waals surface area contributed by atoms with E-state index in [1.165, 1.54) is 12.1 Å². The third-order valence-corrected chi connectivity index (χ3v) is 3.72. The van der Waals surface area contributed by atoms with Gasteiger partial charge in [-0.1, -0.05) is 41.9 Å². The van der Waals surface area contributed by atoms with Gasteiger partial charge in [-0.15, -0.1) is 0 Å². The van der Waals surface area contributed by atoms with Crippen molar-refractivity contribution in [3.05, 3.63) is 64.9 Å². The Hall–Kier alpha value is -2.11. The molecule has 2 aromatic rings. The minimum absolute atomic E-state index is 0.00413. The third kappa shape index (κ3) is 4.43. The van der Waals surface area contributed by atoms with Crippen molar-refractivity contribution >= 4 is 23.3 Å². The SMILES string of the molecule is COCC(C)(NC(=O)Nc1ccc(Cl)c(F)c1)c1ccccc1. The first-order valence-corrected chi connectivity index (χ1v) is 7.41. The van der Waals surface area contributed by atoms with Gasteiger partial charge in [0, 0.05) is 12.8 Å². The first-order valence-electron chi connectivity index (χ1n) is 7.03. The Labute approximate surface area is 139 Å². The molecule has 0 fully saturated rings. The van der Waals surface area contributed by atoms with Gasteiger partial charge in [-0.25, -0.2) is 9.18 Å². The molecule has 2 N–H and O–H groups in total. The number of carbonyl (C=O) groups is 1. The fraction of sp³-hybridized carbons (Fsp3) is 0.235. The third-order valence-electron chi connectivity index (χ3n) is 3.41. The lowest BCUT2D eigenvalue weighted by Crippen LogP contribution is -2.48. The summed E-state index contributed by atoms with van der Waals surface area (Å²) in [6.45, 7) is 2.15. The van der Waals surface area contributed by atoms with Gasteiger partial charge in [0.1, 0.15) is 5.82 Å². The van der Waals surface area contributed by atoms with Crippen LogP contribution in [0.2, 0.25) is 5.02 Å². The molecule has 0 saturated heterocycles. The lowest BCUT2D eigenvalue weighted by Gasteiger charge is -2.30. The highest BCUT2D eigenvalue weighted by atomic mass is 35.5. The predicted molar refractivity (Wildman–Crippen MR) is 89.2 cm³/mol. The van der Waals surface area contributed by atoms with Crippen LogP contribution in [0.25, 0.3) is 0 Å². The first kappa shape index (κ1) is 17.2. The zero-order valence-corrected chi connectivity index (χ0v) is 13.7. The second-order valence-corrected chi connectivity index (χ2v) is 5.75. The van der Waals surface area contributed by atoms with Crippen LogP contribution in [0, 0.1) is 5.82 Å². The molecule has 0 heterocycles. The average Bonchev–Trinajstić information content (AvgIpc) is 2.52. The number of carbonyl (C=O) groups excluding carboxylic acids is 1. The van der Waals surface area contributed by atoms with Crippen molar-refractivity contribution in [2.24, 2.45) is 0 Å². The molecule has 0 aliphatic rings. The molecule has 4 nitrogen and oxygen atoms in total. The van der Waals surface area contributed by atoms with Crippen LogP contribution in [0.1, 0.15) is 12.5 Å². The van der Waals surface area contributed by atoms with Gasteiger partial charge in [-0.05, 0) is 30.7 Å². The number of amides is 2. The lowest BCUT2D eigenvalue weighted by molar-refractivity contribution is 0.123. The molecule has 0 radical (unpaired) electrons. The van der Waals surface area contributed by atoms with Crippen LogP contribution in [0.4, 0.5) is 14.9 Å². The second kappa shape index (κ2) is 7.44. The van der Waals surface area contributed by atoms with Crippen LogP contribution in [0.5, 0.6) is 0 Å². The molecule has 122 valence electrons. The Kier molecular flexibility index (Phi) is 5.58. The van der Waals surface area contributed by atoms with Gasteiger partial charge in [0.05, 0.1) is 17.2 Å². The molecule has 1 atom stereocenters. The lowest BCUT2D eigenvalue weighted by atomic mass is 9.93. The number of hydrogen-bond donors (Lipinski definition) is 2. The summed E-state index contributed by atoms with van der Waals surface area (Å²) < 4.78 is 18.7. The summed E-state index contributed by atoms with van der Waals surface area (Å²) in [4.78, 5) is 12.2. The van der Waals surface area contributed by atoms with Crippen molar-refractivity contribution in [3.8, 4) is 0 Å². The van der Waals surface area contributed by atoms with E-state index in [1.807, 2.05) is 37.3 Å². The maximum atomic E-state index is 13.4. The van der Waals surface area contributed by atoms with Crippen LogP contribution in [0.15, 0.2) is 48.5 Å². The highest BCUT2D eigenvalue weighted by molar-refractivity contribution is 6.30. The summed E-state index contributed by atoms with van der Waals surface area (Å²) in [6.07, 6.45) is 0. The minimum atomic E-state index is -0.717. The van der Waals surface area contributed by atoms with Crippen molar-refractivity contribution in [2.45, 2.75) is 12.5 Å². The Balaban J connectivity index is 2.13. The highest BCUT2D eigenvalue weighted by Gasteiger charge is 2.28. The molecule has 6 heteroatoms. The molecular weight excluding hydrogens is 319 g/mol. The summed E-state index contributed by atoms with van der Waals surface area (Å²) in [5.74, 6) is -0.591. The molecule has 1 unspecified atom stereocenters. The summed E-state index contributed by atoms with van der Waals surface area (Å²) >= 11 is 5.63. The molecule has 0 saturated carbocycles. The average molecular weight is 337 g/mol. The normalized spacial score (nSPS) is 13.2. The van der Waals surface area contributed by atoms with Crippen LogP contribution in [-0.4, -0.2) is 19.7 Å². The number of nitrogens with one attached hydrogen (secondary N) is 2. The van der Waals surface area contributed by atoms with E-state index in [9.17, 15) is 9.18 Å². The Bertz CT molecular complexity index is 682. The highest BCUT2D eigenvalue weighted by Crippen LogP contribution is 2.22. The van der Waals surface area contributed by atoms with E-state index in [2.05, 4.69) is 10.6 Å². The number of hydrogen-bond acceptors (Lipinski definition) is 2. The summed E-state index contributed by atoms with van der Waals surface area (Å²) in [5, 5.41) is 5.46. The van der Waals surface area contributed by atoms with Crippen LogP contribution in [-0.2, 0) is 10.3 Å². The summed E-state index contributed by atoms with van der Waals surface area (Å²) in [5.41, 5.74) is 0.502. The number of rotatable bonds is 5. The van der Waals surface area contributed by atoms with Gasteiger partial charge in [-0.2, -0.15) is 0 Å². The summed E-state index contributed by atoms with van der Waals surface area (Å²) in [7, 11) is 1.56. The topological polar surface area (TPSA) is 50.4 Å². The van der Waals surface area contributed by atoms with Crippen LogP contribution >= 0.6 is 11.6 Å². The van der Waals surface area contributed by atoms with Gasteiger partial charge in [0.2, 0.25) is 0 Å². The molecule has 2 aromatic carbocycles. The molecule has 0 bridgehead atoms. The number of halogens is 2. The van der Waals surface area contributed by atoms with Gasteiger partial charge in [-0.3, -0.25) is 0 Å². The minimum Gasteiger partial charge on any atom is -0.382 e. The van der Waals surface area contributed by atoms with E-state index in [0.717, 1.165) is 11.6 Å². The molecule has 2 rings (SSSR count). The quantitative estimate of drug-likeness (QED) is 0.861. The van der Waals surface area contributed by atoms with Gasteiger partial charge >= 0.3 is 6.03 Å². The van der Waals surface area contributed by atoms with Crippen molar-refractivity contribution in [3.63, 3.8) is 0 Å². The fourth-order valence-electron chi connectivity index (χ4n) is 2.27. The maximum absolute atomic E-state index is 13.4. The van der Waals surface area contributed by atoms with E-state index in [-0.39, 0.29) is 5.02 Å². The Morgan fingerprint density at radius 2 is 1.96 bits per heavy atom. The van der Waals surface area contributed by atoms with E-state index in [4.69, 9.17) is 16.3 Å². The standard InChI is InChI=1S/C17H18ClFN2O2/c1-17(11-23-2,12-6-4-3-5-7-12)21-16(22)20-13-8-9-14(18)15(19)10-13/h3-10H,11H2,1-2H3,(H2,20,21,22). The van der Waals surface area contributed by atoms with Crippen LogP contribution in [0.3, 0.4) is 0 Å². The molecule has 0 aromatic heterocycles. The van der Waals surface area contributed by atoms with E-state index in [1.54, 1.807) is 7.11 Å². The smallest absolute Gasteiger partial charge is 0.320 e. The maximum Gasteiger partial charge on any atom is 0.320 e. The van der Waals surface area contributed by atoms with Gasteiger partial charge < -0.3 is 15.4 Å². The summed E-state index contributed by atoms with van der Waals surface area (Å²) in [6, 6.07) is 13.1. The number of urea groups is 1. The van der Waals surface area contributed by atoms with Crippen molar-refractivity contribution in [1.82, 2.24) is 5.32 Å². The van der Waals surface area contributed by atoms with E-state index in [0.29, 0.717) is 12.3 Å². The molecule has 0 aliphatic carbocycles. The second-order valence-electron chi connectivity index (χ2n) is 5.34. The number of ether oxygens (including phenoxy) is 1. The van der Waals surface area contributed by atoms with Crippen molar-refractivity contribution < 1.29 is 13.9 Å². The van der Waals surface area contributed by atoms with Crippen molar-refractivity contribution in [2.75, 3.05) is 19.0 Å². The molecule has 23 heavy (non-hydrogen) atoms. The fourth-order valence-corrected chi connectivity index (χ4v) is 2.39. The molecule has 0 spiro atoms.